The lowest BCUT2D eigenvalue weighted by Gasteiger charge is -2.16. The number of hydrogen-bond acceptors (Lipinski definition) is 4. The van der Waals surface area contributed by atoms with Gasteiger partial charge in [0.05, 0.1) is 23.3 Å². The molecule has 6 heteroatoms. The topological polar surface area (TPSA) is 71.2 Å². The summed E-state index contributed by atoms with van der Waals surface area (Å²) in [5.74, 6) is -0.212. The van der Waals surface area contributed by atoms with Gasteiger partial charge in [0.1, 0.15) is 4.60 Å². The molecule has 1 aromatic heterocycles. The zero-order chi connectivity index (χ0) is 15.6. The molecule has 21 heavy (non-hydrogen) atoms. The molecule has 1 amide bonds. The number of benzene rings is 1. The number of rotatable bonds is 3. The van der Waals surface area contributed by atoms with Crippen molar-refractivity contribution >= 4 is 38.9 Å². The number of nitrogens with two attached hydrogens (primary N) is 1. The van der Waals surface area contributed by atoms with E-state index in [0.717, 1.165) is 15.9 Å². The Morgan fingerprint density at radius 1 is 1.33 bits per heavy atom. The summed E-state index contributed by atoms with van der Waals surface area (Å²) in [6.45, 7) is 1.91. The van der Waals surface area contributed by atoms with Crippen molar-refractivity contribution in [3.63, 3.8) is 0 Å². The lowest BCUT2D eigenvalue weighted by atomic mass is 10.1. The van der Waals surface area contributed by atoms with E-state index >= 15 is 0 Å². The fraction of sp³-hybridized carbons (Fsp3) is 0.200. The average molecular weight is 349 g/mol. The highest BCUT2D eigenvalue weighted by Crippen LogP contribution is 2.23. The lowest BCUT2D eigenvalue weighted by molar-refractivity contribution is 0.102. The lowest BCUT2D eigenvalue weighted by Crippen LogP contribution is -2.15. The molecule has 0 bridgehead atoms. The number of carbonyl (C=O) groups excluding carboxylic acids is 1. The van der Waals surface area contributed by atoms with Crippen molar-refractivity contribution in [2.75, 3.05) is 30.0 Å². The molecule has 0 fully saturated rings. The molecule has 1 aromatic carbocycles. The van der Waals surface area contributed by atoms with Crippen LogP contribution in [0.3, 0.4) is 0 Å². The number of nitrogen functional groups attached to an aromatic ring is 1. The maximum absolute atomic E-state index is 12.2. The van der Waals surface area contributed by atoms with Crippen LogP contribution in [0.25, 0.3) is 0 Å². The summed E-state index contributed by atoms with van der Waals surface area (Å²) in [5, 5.41) is 2.81. The molecule has 110 valence electrons. The molecule has 0 spiro atoms. The summed E-state index contributed by atoms with van der Waals surface area (Å²) in [6, 6.07) is 7.10. The van der Waals surface area contributed by atoms with Gasteiger partial charge >= 0.3 is 0 Å². The molecule has 0 radical (unpaired) electrons. The van der Waals surface area contributed by atoms with Crippen molar-refractivity contribution in [3.8, 4) is 0 Å². The Balaban J connectivity index is 2.20. The number of anilines is 3. The van der Waals surface area contributed by atoms with E-state index in [1.807, 2.05) is 38.1 Å². The highest BCUT2D eigenvalue weighted by molar-refractivity contribution is 9.10. The average Bonchev–Trinajstić information content (AvgIpc) is 2.42. The summed E-state index contributed by atoms with van der Waals surface area (Å²) in [7, 11) is 3.81. The molecule has 1 heterocycles. The van der Waals surface area contributed by atoms with Gasteiger partial charge in [0.15, 0.2) is 0 Å². The van der Waals surface area contributed by atoms with Gasteiger partial charge in [-0.15, -0.1) is 0 Å². The van der Waals surface area contributed by atoms with Crippen molar-refractivity contribution in [2.45, 2.75) is 6.92 Å². The second kappa shape index (κ2) is 6.13. The summed E-state index contributed by atoms with van der Waals surface area (Å²) in [4.78, 5) is 18.3. The van der Waals surface area contributed by atoms with E-state index in [1.165, 1.54) is 0 Å². The van der Waals surface area contributed by atoms with E-state index in [2.05, 4.69) is 26.2 Å². The van der Waals surface area contributed by atoms with Gasteiger partial charge in [-0.05, 0) is 52.7 Å². The Morgan fingerprint density at radius 2 is 2.05 bits per heavy atom. The van der Waals surface area contributed by atoms with Gasteiger partial charge in [0, 0.05) is 19.7 Å². The highest BCUT2D eigenvalue weighted by Gasteiger charge is 2.10. The number of pyridine rings is 1. The Morgan fingerprint density at radius 3 is 2.62 bits per heavy atom. The van der Waals surface area contributed by atoms with Crippen LogP contribution in [0.15, 0.2) is 35.1 Å². The number of halogens is 1. The molecule has 0 aliphatic heterocycles. The van der Waals surface area contributed by atoms with Gasteiger partial charge in [-0.25, -0.2) is 4.98 Å². The Bertz CT molecular complexity index is 685. The fourth-order valence-electron chi connectivity index (χ4n) is 1.93. The number of carbonyl (C=O) groups is 1. The minimum absolute atomic E-state index is 0.212. The molecule has 2 rings (SSSR count). The monoisotopic (exact) mass is 348 g/mol. The maximum Gasteiger partial charge on any atom is 0.255 e. The fourth-order valence-corrected chi connectivity index (χ4v) is 2.15. The number of nitrogens with one attached hydrogen (secondary N) is 1. The normalized spacial score (nSPS) is 10.3. The number of nitrogens with zero attached hydrogens (tertiary/aromatic N) is 2. The molecule has 0 saturated carbocycles. The standard InChI is InChI=1S/C15H17BrN4O/c1-9-6-11(8-18-14(9)16)19-15(21)10-4-5-13(20(2)3)12(17)7-10/h4-8H,17H2,1-3H3,(H,19,21). The van der Waals surface area contributed by atoms with Crippen molar-refractivity contribution in [1.82, 2.24) is 4.98 Å². The minimum Gasteiger partial charge on any atom is -0.397 e. The maximum atomic E-state index is 12.2. The largest absolute Gasteiger partial charge is 0.397 e. The summed E-state index contributed by atoms with van der Waals surface area (Å²) >= 11 is 3.33. The van der Waals surface area contributed by atoms with Gasteiger partial charge < -0.3 is 16.0 Å². The number of hydrogen-bond donors (Lipinski definition) is 2. The van der Waals surface area contributed by atoms with E-state index in [4.69, 9.17) is 5.73 Å². The summed E-state index contributed by atoms with van der Waals surface area (Å²) in [5.41, 5.74) is 9.52. The van der Waals surface area contributed by atoms with Crippen molar-refractivity contribution in [1.29, 1.82) is 0 Å². The molecule has 0 unspecified atom stereocenters. The molecule has 3 N–H and O–H groups in total. The first-order chi connectivity index (χ1) is 9.88. The molecule has 0 saturated heterocycles. The SMILES string of the molecule is Cc1cc(NC(=O)c2ccc(N(C)C)c(N)c2)cnc1Br. The third kappa shape index (κ3) is 3.52. The van der Waals surface area contributed by atoms with Crippen LogP contribution in [-0.2, 0) is 0 Å². The van der Waals surface area contributed by atoms with E-state index in [1.54, 1.807) is 18.3 Å². The van der Waals surface area contributed by atoms with Gasteiger partial charge in [0.2, 0.25) is 0 Å². The van der Waals surface area contributed by atoms with Crippen LogP contribution >= 0.6 is 15.9 Å². The summed E-state index contributed by atoms with van der Waals surface area (Å²) < 4.78 is 0.764. The molecular weight excluding hydrogens is 332 g/mol. The summed E-state index contributed by atoms with van der Waals surface area (Å²) in [6.07, 6.45) is 1.60. The molecule has 5 nitrogen and oxygen atoms in total. The van der Waals surface area contributed by atoms with Crippen LogP contribution in [0.2, 0.25) is 0 Å². The Hall–Kier alpha value is -2.08. The number of aromatic nitrogens is 1. The van der Waals surface area contributed by atoms with Crippen LogP contribution in [0.5, 0.6) is 0 Å². The highest BCUT2D eigenvalue weighted by atomic mass is 79.9. The van der Waals surface area contributed by atoms with Crippen LogP contribution < -0.4 is 16.0 Å². The second-order valence-corrected chi connectivity index (χ2v) is 5.70. The van der Waals surface area contributed by atoms with Gasteiger partial charge in [-0.2, -0.15) is 0 Å². The van der Waals surface area contributed by atoms with Gasteiger partial charge in [0.25, 0.3) is 5.91 Å². The van der Waals surface area contributed by atoms with E-state index in [0.29, 0.717) is 16.9 Å². The van der Waals surface area contributed by atoms with Crippen molar-refractivity contribution in [3.05, 3.63) is 46.2 Å². The third-order valence-electron chi connectivity index (χ3n) is 3.04. The van der Waals surface area contributed by atoms with E-state index in [-0.39, 0.29) is 5.91 Å². The molecule has 2 aromatic rings. The third-order valence-corrected chi connectivity index (χ3v) is 3.87. The molecule has 0 atom stereocenters. The minimum atomic E-state index is -0.212. The molecular formula is C15H17BrN4O. The molecule has 0 aliphatic carbocycles. The van der Waals surface area contributed by atoms with Crippen LogP contribution in [0.4, 0.5) is 17.1 Å². The van der Waals surface area contributed by atoms with Crippen LogP contribution in [0.1, 0.15) is 15.9 Å². The van der Waals surface area contributed by atoms with Gasteiger partial charge in [-0.1, -0.05) is 0 Å². The Labute approximate surface area is 132 Å². The number of amides is 1. The predicted octanol–water partition coefficient (Wildman–Crippen LogP) is 3.05. The first-order valence-corrected chi connectivity index (χ1v) is 7.18. The zero-order valence-electron chi connectivity index (χ0n) is 12.1. The predicted molar refractivity (Wildman–Crippen MR) is 89.8 cm³/mol. The number of aryl methyl sites for hydroxylation is 1. The Kier molecular flexibility index (Phi) is 4.47. The van der Waals surface area contributed by atoms with Crippen LogP contribution in [-0.4, -0.2) is 25.0 Å². The van der Waals surface area contributed by atoms with Crippen molar-refractivity contribution in [2.24, 2.45) is 0 Å². The molecule has 0 aliphatic rings. The van der Waals surface area contributed by atoms with Gasteiger partial charge in [-0.3, -0.25) is 4.79 Å². The van der Waals surface area contributed by atoms with E-state index in [9.17, 15) is 4.79 Å². The zero-order valence-corrected chi connectivity index (χ0v) is 13.7. The smallest absolute Gasteiger partial charge is 0.255 e. The van der Waals surface area contributed by atoms with Crippen molar-refractivity contribution < 1.29 is 4.79 Å². The van der Waals surface area contributed by atoms with E-state index < -0.39 is 0 Å². The van der Waals surface area contributed by atoms with Crippen LogP contribution in [0, 0.1) is 6.92 Å². The first kappa shape index (κ1) is 15.3. The first-order valence-electron chi connectivity index (χ1n) is 6.39. The quantitative estimate of drug-likeness (QED) is 0.660. The second-order valence-electron chi connectivity index (χ2n) is 4.95.